The summed E-state index contributed by atoms with van der Waals surface area (Å²) >= 11 is 0. The quantitative estimate of drug-likeness (QED) is 0.234. The van der Waals surface area contributed by atoms with Gasteiger partial charge in [0, 0.05) is 30.7 Å². The molecule has 12 heteroatoms. The number of cyclic esters (lactones) is 1. The van der Waals surface area contributed by atoms with E-state index < -0.39 is 47.3 Å². The number of ether oxygens (including phenoxy) is 4. The minimum absolute atomic E-state index is 0.123. The van der Waals surface area contributed by atoms with Gasteiger partial charge in [-0.05, 0) is 67.9 Å². The maximum Gasteiger partial charge on any atom is 0.342 e. The van der Waals surface area contributed by atoms with E-state index in [1.165, 1.54) is 27.4 Å². The highest BCUT2D eigenvalue weighted by molar-refractivity contribution is 5.98. The summed E-state index contributed by atoms with van der Waals surface area (Å²) in [4.78, 5) is 51.7. The number of primary amides is 1. The first-order valence-electron chi connectivity index (χ1n) is 16.2. The van der Waals surface area contributed by atoms with Gasteiger partial charge in [0.05, 0.1) is 27.4 Å². The number of aromatic hydroxyl groups is 2. The van der Waals surface area contributed by atoms with Crippen molar-refractivity contribution in [2.75, 3.05) is 21.3 Å². The predicted octanol–water partition coefficient (Wildman–Crippen LogP) is 5.14. The zero-order valence-corrected chi connectivity index (χ0v) is 28.6. The van der Waals surface area contributed by atoms with Crippen LogP contribution in [-0.4, -0.2) is 67.3 Å². The highest BCUT2D eigenvalue weighted by Crippen LogP contribution is 2.47. The Morgan fingerprint density at radius 2 is 1.69 bits per heavy atom. The van der Waals surface area contributed by atoms with Crippen LogP contribution in [0.15, 0.2) is 24.3 Å². The molecule has 2 amide bonds. The maximum atomic E-state index is 13.7. The molecule has 12 nitrogen and oxygen atoms in total. The molecule has 2 aromatic rings. The fraction of sp³-hybridized carbons (Fsp3) is 0.500. The van der Waals surface area contributed by atoms with Gasteiger partial charge in [0.2, 0.25) is 17.6 Å². The summed E-state index contributed by atoms with van der Waals surface area (Å²) in [5.74, 6) is -3.53. The van der Waals surface area contributed by atoms with Crippen LogP contribution in [0.25, 0.3) is 6.08 Å². The average Bonchev–Trinajstić information content (AvgIpc) is 3.04. The first kappa shape index (κ1) is 37.7. The lowest BCUT2D eigenvalue weighted by atomic mass is 9.84. The Labute approximate surface area is 281 Å². The van der Waals surface area contributed by atoms with Crippen LogP contribution < -0.4 is 25.3 Å². The second-order valence-electron chi connectivity index (χ2n) is 12.1. The summed E-state index contributed by atoms with van der Waals surface area (Å²) in [6.45, 7) is 5.36. The van der Waals surface area contributed by atoms with Gasteiger partial charge in [-0.15, -0.1) is 0 Å². The summed E-state index contributed by atoms with van der Waals surface area (Å²) in [7, 11) is 4.28. The van der Waals surface area contributed by atoms with Crippen LogP contribution in [-0.2, 0) is 19.1 Å². The zero-order chi connectivity index (χ0) is 35.5. The zero-order valence-electron chi connectivity index (χ0n) is 28.6. The van der Waals surface area contributed by atoms with Crippen molar-refractivity contribution < 1.29 is 48.3 Å². The highest BCUT2D eigenvalue weighted by Gasteiger charge is 2.33. The van der Waals surface area contributed by atoms with Gasteiger partial charge in [-0.3, -0.25) is 14.4 Å². The molecule has 0 aliphatic carbocycles. The van der Waals surface area contributed by atoms with Gasteiger partial charge in [-0.2, -0.15) is 0 Å². The van der Waals surface area contributed by atoms with Crippen LogP contribution in [0.4, 0.5) is 0 Å². The number of hydrogen-bond acceptors (Lipinski definition) is 10. The van der Waals surface area contributed by atoms with Gasteiger partial charge < -0.3 is 40.2 Å². The lowest BCUT2D eigenvalue weighted by molar-refractivity contribution is -0.128. The van der Waals surface area contributed by atoms with Gasteiger partial charge in [0.1, 0.15) is 28.9 Å². The van der Waals surface area contributed by atoms with E-state index in [9.17, 15) is 29.4 Å². The first-order valence-corrected chi connectivity index (χ1v) is 16.2. The molecule has 1 heterocycles. The molecule has 262 valence electrons. The Balaban J connectivity index is 2.25. The van der Waals surface area contributed by atoms with E-state index in [2.05, 4.69) is 5.32 Å². The lowest BCUT2D eigenvalue weighted by Crippen LogP contribution is -2.48. The number of Topliss-reactive ketones (excluding diaryl/α,β-unsaturated/α-hetero) is 1. The number of nitrogens with one attached hydrogen (secondary N) is 1. The molecule has 1 aliphatic heterocycles. The van der Waals surface area contributed by atoms with Gasteiger partial charge in [-0.1, -0.05) is 32.4 Å². The number of carbonyl (C=O) groups is 4. The summed E-state index contributed by atoms with van der Waals surface area (Å²) in [6, 6.07) is 3.52. The van der Waals surface area contributed by atoms with E-state index in [4.69, 9.17) is 24.7 Å². The number of benzene rings is 2. The molecule has 3 rings (SSSR count). The van der Waals surface area contributed by atoms with Crippen molar-refractivity contribution in [3.05, 3.63) is 46.5 Å². The molecule has 5 N–H and O–H groups in total. The fourth-order valence-corrected chi connectivity index (χ4v) is 5.86. The molecule has 48 heavy (non-hydrogen) atoms. The monoisotopic (exact) mass is 668 g/mol. The number of nitrogens with two attached hydrogens (primary N) is 1. The predicted molar refractivity (Wildman–Crippen MR) is 180 cm³/mol. The van der Waals surface area contributed by atoms with Crippen molar-refractivity contribution in [1.82, 2.24) is 5.32 Å². The number of hydrogen-bond donors (Lipinski definition) is 4. The van der Waals surface area contributed by atoms with Crippen molar-refractivity contribution in [1.29, 1.82) is 0 Å². The molecular weight excluding hydrogens is 620 g/mol. The average molecular weight is 669 g/mol. The molecule has 1 unspecified atom stereocenters. The molecule has 0 saturated heterocycles. The third-order valence-corrected chi connectivity index (χ3v) is 8.71. The first-order chi connectivity index (χ1) is 22.9. The molecule has 1 aliphatic rings. The fourth-order valence-electron chi connectivity index (χ4n) is 5.86. The number of esters is 1. The Kier molecular flexibility index (Phi) is 13.7. The number of fused-ring (bicyclic) bond motifs is 1. The van der Waals surface area contributed by atoms with Crippen LogP contribution in [0.3, 0.4) is 0 Å². The molecule has 0 aromatic heterocycles. The molecule has 2 aromatic carbocycles. The van der Waals surface area contributed by atoms with E-state index in [-0.39, 0.29) is 52.1 Å². The number of methoxy groups -OCH3 is 3. The Morgan fingerprint density at radius 1 is 1.04 bits per heavy atom. The Morgan fingerprint density at radius 3 is 2.27 bits per heavy atom. The second-order valence-corrected chi connectivity index (χ2v) is 12.1. The molecule has 4 atom stereocenters. The maximum absolute atomic E-state index is 13.7. The van der Waals surface area contributed by atoms with E-state index in [1.54, 1.807) is 38.1 Å². The second kappa shape index (κ2) is 17.4. The molecule has 0 fully saturated rings. The van der Waals surface area contributed by atoms with Crippen LogP contribution in [0.1, 0.15) is 105 Å². The number of phenolic OH excluding ortho intramolecular Hbond substituents is 2. The lowest BCUT2D eigenvalue weighted by Gasteiger charge is -2.26. The topological polar surface area (TPSA) is 184 Å². The summed E-state index contributed by atoms with van der Waals surface area (Å²) in [5.41, 5.74) is 5.87. The van der Waals surface area contributed by atoms with Gasteiger partial charge in [0.15, 0.2) is 11.5 Å². The van der Waals surface area contributed by atoms with Crippen molar-refractivity contribution in [2.24, 2.45) is 11.7 Å². The summed E-state index contributed by atoms with van der Waals surface area (Å²) in [5, 5.41) is 26.1. The minimum Gasteiger partial charge on any atom is -0.507 e. The number of amides is 2. The SMILES string of the molecule is CC[C@H](C)[C@H](NC(=O)CC(c1cc(OC)c(OC)c(OC)c1)c1c(O)cc2c(c1O)C(=O)O[C@@H](C)CCCC(=O)CCC/C=C/2)C(N)=O. The number of allylic oxidation sites excluding steroid dienone is 1. The number of rotatable bonds is 11. The third-order valence-electron chi connectivity index (χ3n) is 8.71. The Hall–Kier alpha value is -4.74. The standard InChI is InChI=1S/C36H48N2O10/c1-7-20(2)32(35(37)43)38-29(41)19-25(23-17-27(45-4)34(47-6)28(18-23)46-5)31-26(40)16-22-13-9-8-10-14-24(39)15-11-12-21(3)48-36(44)30(22)33(31)42/h9,13,16-18,20-21,25,32,40,42H,7-8,10-12,14-15,19H2,1-6H3,(H2,37,43)(H,38,41)/b13-9+/t20-,21-,25?,32-/m0/s1. The van der Waals surface area contributed by atoms with Crippen LogP contribution in [0.5, 0.6) is 28.7 Å². The van der Waals surface area contributed by atoms with E-state index in [0.717, 1.165) is 0 Å². The molecule has 0 radical (unpaired) electrons. The Bertz CT molecular complexity index is 1490. The summed E-state index contributed by atoms with van der Waals surface area (Å²) < 4.78 is 22.3. The van der Waals surface area contributed by atoms with Crippen molar-refractivity contribution in [2.45, 2.75) is 90.2 Å². The van der Waals surface area contributed by atoms with Crippen LogP contribution in [0, 0.1) is 5.92 Å². The van der Waals surface area contributed by atoms with Gasteiger partial charge >= 0.3 is 5.97 Å². The van der Waals surface area contributed by atoms with Gasteiger partial charge in [0.25, 0.3) is 0 Å². The minimum atomic E-state index is -1.09. The van der Waals surface area contributed by atoms with Crippen molar-refractivity contribution in [3.63, 3.8) is 0 Å². The van der Waals surface area contributed by atoms with Crippen LogP contribution >= 0.6 is 0 Å². The molecular formula is C36H48N2O10. The normalized spacial score (nSPS) is 18.2. The van der Waals surface area contributed by atoms with E-state index in [1.807, 2.05) is 6.92 Å². The van der Waals surface area contributed by atoms with Crippen LogP contribution in [0.2, 0.25) is 0 Å². The number of carbonyl (C=O) groups excluding carboxylic acids is 4. The molecule has 0 saturated carbocycles. The molecule has 0 bridgehead atoms. The van der Waals surface area contributed by atoms with Crippen molar-refractivity contribution in [3.8, 4) is 28.7 Å². The number of phenols is 2. The smallest absolute Gasteiger partial charge is 0.342 e. The molecule has 0 spiro atoms. The largest absolute Gasteiger partial charge is 0.507 e. The third kappa shape index (κ3) is 9.20. The van der Waals surface area contributed by atoms with Gasteiger partial charge in [-0.25, -0.2) is 4.79 Å². The van der Waals surface area contributed by atoms with E-state index >= 15 is 0 Å². The summed E-state index contributed by atoms with van der Waals surface area (Å²) in [6.07, 6.45) is 5.92. The highest BCUT2D eigenvalue weighted by atomic mass is 16.5. The van der Waals surface area contributed by atoms with Crippen molar-refractivity contribution >= 4 is 29.6 Å². The number of ketones is 1. The van der Waals surface area contributed by atoms with E-state index in [0.29, 0.717) is 50.5 Å².